The lowest BCUT2D eigenvalue weighted by atomic mass is 10.1. The normalized spacial score (nSPS) is 18.4. The maximum Gasteiger partial charge on any atom is 0.253 e. The van der Waals surface area contributed by atoms with Crippen LogP contribution in [0.4, 0.5) is 5.82 Å². The predicted molar refractivity (Wildman–Crippen MR) is 97.4 cm³/mol. The van der Waals surface area contributed by atoms with Crippen molar-refractivity contribution in [2.24, 2.45) is 0 Å². The maximum atomic E-state index is 12.4. The standard InChI is InChI=1S/C19H20ClN3O2/c1-19(7-8-19)22-18(24)15-9-17(21-10-16(15)20)23-11-14(12-23)25-13-5-3-2-4-6-13/h2-6,9-10,14H,7-8,11-12H2,1H3,(H,22,24). The fraction of sp³-hybridized carbons (Fsp3) is 0.368. The van der Waals surface area contributed by atoms with E-state index >= 15 is 0 Å². The molecule has 1 N–H and O–H groups in total. The van der Waals surface area contributed by atoms with Crippen LogP contribution in [0.5, 0.6) is 5.75 Å². The minimum atomic E-state index is -0.133. The number of carbonyl (C=O) groups is 1. The molecule has 0 radical (unpaired) electrons. The summed E-state index contributed by atoms with van der Waals surface area (Å²) in [4.78, 5) is 18.9. The number of carbonyl (C=O) groups excluding carboxylic acids is 1. The number of nitrogens with zero attached hydrogens (tertiary/aromatic N) is 2. The van der Waals surface area contributed by atoms with Gasteiger partial charge >= 0.3 is 0 Å². The van der Waals surface area contributed by atoms with Crippen LogP contribution in [0.1, 0.15) is 30.1 Å². The summed E-state index contributed by atoms with van der Waals surface area (Å²) in [5.41, 5.74) is 0.405. The quantitative estimate of drug-likeness (QED) is 0.892. The Kier molecular flexibility index (Phi) is 4.04. The van der Waals surface area contributed by atoms with Crippen LogP contribution in [0.15, 0.2) is 42.6 Å². The van der Waals surface area contributed by atoms with E-state index in [1.54, 1.807) is 12.3 Å². The Balaban J connectivity index is 1.40. The van der Waals surface area contributed by atoms with Crippen molar-refractivity contribution in [1.82, 2.24) is 10.3 Å². The van der Waals surface area contributed by atoms with Crippen LogP contribution in [0, 0.1) is 0 Å². The second kappa shape index (κ2) is 6.23. The molecule has 1 aliphatic heterocycles. The van der Waals surface area contributed by atoms with Gasteiger partial charge in [-0.3, -0.25) is 4.79 Å². The molecule has 2 heterocycles. The lowest BCUT2D eigenvalue weighted by Crippen LogP contribution is -2.54. The SMILES string of the molecule is CC1(NC(=O)c2cc(N3CC(Oc4ccccc4)C3)ncc2Cl)CC1. The predicted octanol–water partition coefficient (Wildman–Crippen LogP) is 3.28. The van der Waals surface area contributed by atoms with Gasteiger partial charge < -0.3 is 15.0 Å². The Labute approximate surface area is 152 Å². The molecule has 1 amide bonds. The number of nitrogens with one attached hydrogen (secondary N) is 1. The van der Waals surface area contributed by atoms with Crippen molar-refractivity contribution in [2.75, 3.05) is 18.0 Å². The van der Waals surface area contributed by atoms with Crippen LogP contribution < -0.4 is 15.0 Å². The summed E-state index contributed by atoms with van der Waals surface area (Å²) in [7, 11) is 0. The van der Waals surface area contributed by atoms with E-state index in [4.69, 9.17) is 16.3 Å². The van der Waals surface area contributed by atoms with Crippen molar-refractivity contribution >= 4 is 23.3 Å². The van der Waals surface area contributed by atoms with Crippen molar-refractivity contribution in [2.45, 2.75) is 31.4 Å². The number of para-hydroxylation sites is 1. The van der Waals surface area contributed by atoms with Crippen LogP contribution in [-0.4, -0.2) is 35.6 Å². The summed E-state index contributed by atoms with van der Waals surface area (Å²) in [6, 6.07) is 11.5. The average Bonchev–Trinajstić information content (AvgIpc) is 3.29. The van der Waals surface area contributed by atoms with Gasteiger partial charge in [0.2, 0.25) is 0 Å². The van der Waals surface area contributed by atoms with E-state index in [2.05, 4.69) is 15.2 Å². The minimum Gasteiger partial charge on any atom is -0.487 e. The molecule has 1 aromatic carbocycles. The topological polar surface area (TPSA) is 54.5 Å². The van der Waals surface area contributed by atoms with Crippen LogP contribution in [0.25, 0.3) is 0 Å². The van der Waals surface area contributed by atoms with Gasteiger partial charge in [0, 0.05) is 11.7 Å². The second-order valence-electron chi connectivity index (χ2n) is 7.00. The summed E-state index contributed by atoms with van der Waals surface area (Å²) in [5, 5.41) is 3.41. The molecule has 0 spiro atoms. The molecule has 0 atom stereocenters. The molecule has 0 bridgehead atoms. The van der Waals surface area contributed by atoms with Gasteiger partial charge in [-0.25, -0.2) is 4.98 Å². The van der Waals surface area contributed by atoms with Crippen LogP contribution in [-0.2, 0) is 0 Å². The Morgan fingerprint density at radius 3 is 2.72 bits per heavy atom. The molecule has 0 unspecified atom stereocenters. The number of hydrogen-bond donors (Lipinski definition) is 1. The molecular formula is C19H20ClN3O2. The first-order valence-electron chi connectivity index (χ1n) is 8.47. The molecule has 1 aliphatic carbocycles. The molecule has 130 valence electrons. The molecule has 4 rings (SSSR count). The van der Waals surface area contributed by atoms with Gasteiger partial charge in [-0.15, -0.1) is 0 Å². The van der Waals surface area contributed by atoms with Gasteiger partial charge in [0.05, 0.1) is 23.7 Å². The van der Waals surface area contributed by atoms with Gasteiger partial charge in [0.15, 0.2) is 0 Å². The fourth-order valence-electron chi connectivity index (χ4n) is 2.82. The van der Waals surface area contributed by atoms with E-state index < -0.39 is 0 Å². The molecule has 2 aromatic rings. The van der Waals surface area contributed by atoms with E-state index in [0.29, 0.717) is 10.6 Å². The molecule has 25 heavy (non-hydrogen) atoms. The van der Waals surface area contributed by atoms with Crippen molar-refractivity contribution in [3.8, 4) is 5.75 Å². The number of hydrogen-bond acceptors (Lipinski definition) is 4. The molecule has 2 aliphatic rings. The zero-order valence-corrected chi connectivity index (χ0v) is 14.8. The molecule has 1 saturated heterocycles. The van der Waals surface area contributed by atoms with E-state index in [1.165, 1.54) is 0 Å². The molecule has 1 aromatic heterocycles. The zero-order valence-electron chi connectivity index (χ0n) is 14.0. The van der Waals surface area contributed by atoms with Crippen LogP contribution in [0.3, 0.4) is 0 Å². The van der Waals surface area contributed by atoms with Gasteiger partial charge in [-0.1, -0.05) is 29.8 Å². The summed E-state index contributed by atoms with van der Waals surface area (Å²) in [6.07, 6.45) is 3.70. The first-order valence-corrected chi connectivity index (χ1v) is 8.85. The summed E-state index contributed by atoms with van der Waals surface area (Å²) >= 11 is 6.18. The minimum absolute atomic E-state index is 0.0742. The van der Waals surface area contributed by atoms with E-state index in [0.717, 1.165) is 37.5 Å². The van der Waals surface area contributed by atoms with Crippen LogP contribution >= 0.6 is 11.6 Å². The van der Waals surface area contributed by atoms with E-state index in [9.17, 15) is 4.79 Å². The molecular weight excluding hydrogens is 338 g/mol. The Bertz CT molecular complexity index is 787. The summed E-state index contributed by atoms with van der Waals surface area (Å²) in [5.74, 6) is 1.49. The molecule has 5 nitrogen and oxygen atoms in total. The van der Waals surface area contributed by atoms with Gasteiger partial charge in [0.1, 0.15) is 17.7 Å². The lowest BCUT2D eigenvalue weighted by Gasteiger charge is -2.39. The van der Waals surface area contributed by atoms with Crippen molar-refractivity contribution in [1.29, 1.82) is 0 Å². The zero-order chi connectivity index (χ0) is 17.4. The third-order valence-electron chi connectivity index (χ3n) is 4.72. The maximum absolute atomic E-state index is 12.4. The van der Waals surface area contributed by atoms with E-state index in [1.807, 2.05) is 37.3 Å². The Morgan fingerprint density at radius 1 is 1.32 bits per heavy atom. The highest BCUT2D eigenvalue weighted by Crippen LogP contribution is 2.35. The summed E-state index contributed by atoms with van der Waals surface area (Å²) < 4.78 is 5.90. The fourth-order valence-corrected chi connectivity index (χ4v) is 3.01. The highest BCUT2D eigenvalue weighted by molar-refractivity contribution is 6.33. The van der Waals surface area contributed by atoms with Gasteiger partial charge in [-0.2, -0.15) is 0 Å². The molecule has 2 fully saturated rings. The van der Waals surface area contributed by atoms with Crippen LogP contribution in [0.2, 0.25) is 5.02 Å². The number of halogens is 1. The Hall–Kier alpha value is -2.27. The van der Waals surface area contributed by atoms with E-state index in [-0.39, 0.29) is 17.6 Å². The largest absolute Gasteiger partial charge is 0.487 e. The lowest BCUT2D eigenvalue weighted by molar-refractivity contribution is 0.0935. The third-order valence-corrected chi connectivity index (χ3v) is 5.02. The van der Waals surface area contributed by atoms with Gasteiger partial charge in [-0.05, 0) is 38.0 Å². The number of anilines is 1. The third kappa shape index (κ3) is 3.56. The second-order valence-corrected chi connectivity index (χ2v) is 7.40. The highest BCUT2D eigenvalue weighted by Gasteiger charge is 2.39. The van der Waals surface area contributed by atoms with Gasteiger partial charge in [0.25, 0.3) is 5.91 Å². The average molecular weight is 358 g/mol. The Morgan fingerprint density at radius 2 is 2.04 bits per heavy atom. The first-order chi connectivity index (χ1) is 12.0. The van der Waals surface area contributed by atoms with Crippen molar-refractivity contribution < 1.29 is 9.53 Å². The number of ether oxygens (including phenoxy) is 1. The monoisotopic (exact) mass is 357 g/mol. The number of amides is 1. The molecule has 1 saturated carbocycles. The number of aromatic nitrogens is 1. The highest BCUT2D eigenvalue weighted by atomic mass is 35.5. The van der Waals surface area contributed by atoms with Crippen molar-refractivity contribution in [3.05, 3.63) is 53.2 Å². The molecule has 6 heteroatoms. The number of rotatable bonds is 5. The summed E-state index contributed by atoms with van der Waals surface area (Å²) in [6.45, 7) is 3.52. The number of benzene rings is 1. The smallest absolute Gasteiger partial charge is 0.253 e. The van der Waals surface area contributed by atoms with Crippen molar-refractivity contribution in [3.63, 3.8) is 0 Å². The number of pyridine rings is 1. The first kappa shape index (κ1) is 16.2.